The number of phenolic OH excluding ortho intramolecular Hbond substituents is 1. The van der Waals surface area contributed by atoms with Crippen molar-refractivity contribution in [3.8, 4) is 5.75 Å². The molecule has 1 aliphatic rings. The van der Waals surface area contributed by atoms with Crippen LogP contribution in [-0.4, -0.2) is 17.8 Å². The fourth-order valence-electron chi connectivity index (χ4n) is 4.22. The Labute approximate surface area is 200 Å². The SMILES string of the molecule is CCCCCCCCCCC1CO1.CCCCCCCCCCCCc1ccc(O)cc1. The molecule has 1 fully saturated rings. The van der Waals surface area contributed by atoms with Gasteiger partial charge in [0.1, 0.15) is 5.75 Å². The Balaban J connectivity index is 0.000000343. The van der Waals surface area contributed by atoms with Crippen molar-refractivity contribution < 1.29 is 9.84 Å². The van der Waals surface area contributed by atoms with Gasteiger partial charge in [-0.3, -0.25) is 0 Å². The molecule has 0 aliphatic carbocycles. The third kappa shape index (κ3) is 19.6. The molecule has 1 aliphatic heterocycles. The summed E-state index contributed by atoms with van der Waals surface area (Å²) >= 11 is 0. The largest absolute Gasteiger partial charge is 0.508 e. The number of aryl methyl sites for hydroxylation is 1. The molecule has 0 aromatic heterocycles. The van der Waals surface area contributed by atoms with Crippen molar-refractivity contribution in [2.24, 2.45) is 0 Å². The van der Waals surface area contributed by atoms with Crippen LogP contribution in [0.25, 0.3) is 0 Å². The van der Waals surface area contributed by atoms with Crippen LogP contribution < -0.4 is 0 Å². The van der Waals surface area contributed by atoms with Crippen LogP contribution in [0.3, 0.4) is 0 Å². The molecule has 32 heavy (non-hydrogen) atoms. The zero-order chi connectivity index (χ0) is 23.1. The molecule has 1 aromatic rings. The second kappa shape index (κ2) is 21.8. The van der Waals surface area contributed by atoms with E-state index in [2.05, 4.69) is 13.8 Å². The summed E-state index contributed by atoms with van der Waals surface area (Å²) in [7, 11) is 0. The van der Waals surface area contributed by atoms with Crippen LogP contribution in [0.2, 0.25) is 0 Å². The molecule has 1 atom stereocenters. The van der Waals surface area contributed by atoms with Gasteiger partial charge in [-0.2, -0.15) is 0 Å². The average molecular weight is 447 g/mol. The molecule has 186 valence electrons. The van der Waals surface area contributed by atoms with Crippen LogP contribution in [0, 0.1) is 0 Å². The first-order chi connectivity index (χ1) is 15.8. The number of hydrogen-bond acceptors (Lipinski definition) is 2. The maximum absolute atomic E-state index is 9.20. The van der Waals surface area contributed by atoms with Crippen molar-refractivity contribution in [1.82, 2.24) is 0 Å². The number of ether oxygens (including phenoxy) is 1. The van der Waals surface area contributed by atoms with E-state index < -0.39 is 0 Å². The lowest BCUT2D eigenvalue weighted by Gasteiger charge is -2.03. The Morgan fingerprint density at radius 1 is 0.625 bits per heavy atom. The van der Waals surface area contributed by atoms with Crippen molar-refractivity contribution in [3.05, 3.63) is 29.8 Å². The minimum Gasteiger partial charge on any atom is -0.508 e. The Morgan fingerprint density at radius 2 is 1.03 bits per heavy atom. The van der Waals surface area contributed by atoms with E-state index in [-0.39, 0.29) is 0 Å². The Kier molecular flexibility index (Phi) is 19.8. The molecule has 0 spiro atoms. The van der Waals surface area contributed by atoms with Gasteiger partial charge in [0.05, 0.1) is 12.7 Å². The van der Waals surface area contributed by atoms with E-state index in [1.54, 1.807) is 12.1 Å². The first kappa shape index (κ1) is 29.0. The van der Waals surface area contributed by atoms with E-state index in [0.717, 1.165) is 13.0 Å². The van der Waals surface area contributed by atoms with Crippen LogP contribution in [0.5, 0.6) is 5.75 Å². The molecule has 0 saturated carbocycles. The number of rotatable bonds is 20. The number of phenols is 1. The van der Waals surface area contributed by atoms with Gasteiger partial charge in [-0.05, 0) is 37.0 Å². The molecule has 1 saturated heterocycles. The molecule has 0 radical (unpaired) electrons. The van der Waals surface area contributed by atoms with E-state index in [1.807, 2.05) is 12.1 Å². The van der Waals surface area contributed by atoms with Gasteiger partial charge < -0.3 is 9.84 Å². The lowest BCUT2D eigenvalue weighted by Crippen LogP contribution is -1.86. The Bertz CT molecular complexity index is 492. The fourth-order valence-corrected chi connectivity index (χ4v) is 4.22. The summed E-state index contributed by atoms with van der Waals surface area (Å²) in [5.74, 6) is 0.367. The van der Waals surface area contributed by atoms with Gasteiger partial charge in [-0.1, -0.05) is 135 Å². The van der Waals surface area contributed by atoms with E-state index >= 15 is 0 Å². The highest BCUT2D eigenvalue weighted by molar-refractivity contribution is 5.25. The molecule has 0 bridgehead atoms. The number of hydrogen-bond donors (Lipinski definition) is 1. The zero-order valence-electron chi connectivity index (χ0n) is 21.6. The molecule has 0 amide bonds. The fraction of sp³-hybridized carbons (Fsp3) is 0.800. The third-order valence-corrected chi connectivity index (χ3v) is 6.54. The molecule has 1 aromatic carbocycles. The first-order valence-corrected chi connectivity index (χ1v) is 14.2. The zero-order valence-corrected chi connectivity index (χ0v) is 21.6. The van der Waals surface area contributed by atoms with Crippen LogP contribution in [0.4, 0.5) is 0 Å². The second-order valence-corrected chi connectivity index (χ2v) is 9.82. The summed E-state index contributed by atoms with van der Waals surface area (Å²) in [6, 6.07) is 7.63. The van der Waals surface area contributed by atoms with Gasteiger partial charge in [-0.15, -0.1) is 0 Å². The predicted molar refractivity (Wildman–Crippen MR) is 141 cm³/mol. The van der Waals surface area contributed by atoms with E-state index in [1.165, 1.54) is 128 Å². The standard InChI is InChI=1S/C18H30O.C12H24O/c1-2-3-4-5-6-7-8-9-10-11-12-17-13-15-18(19)16-14-17;1-2-3-4-5-6-7-8-9-10-12-11-13-12/h13-16,19H,2-12H2,1H3;12H,2-11H2,1H3. The topological polar surface area (TPSA) is 32.8 Å². The van der Waals surface area contributed by atoms with Crippen molar-refractivity contribution >= 4 is 0 Å². The number of benzene rings is 1. The summed E-state index contributed by atoms with van der Waals surface area (Å²) in [4.78, 5) is 0. The van der Waals surface area contributed by atoms with Crippen LogP contribution in [-0.2, 0) is 11.2 Å². The monoisotopic (exact) mass is 446 g/mol. The number of aromatic hydroxyl groups is 1. The maximum Gasteiger partial charge on any atom is 0.115 e. The van der Waals surface area contributed by atoms with Gasteiger partial charge >= 0.3 is 0 Å². The lowest BCUT2D eigenvalue weighted by atomic mass is 10.0. The lowest BCUT2D eigenvalue weighted by molar-refractivity contribution is 0.387. The van der Waals surface area contributed by atoms with E-state index in [9.17, 15) is 5.11 Å². The van der Waals surface area contributed by atoms with Crippen molar-refractivity contribution in [1.29, 1.82) is 0 Å². The molecular formula is C30H54O2. The van der Waals surface area contributed by atoms with Crippen LogP contribution >= 0.6 is 0 Å². The quantitative estimate of drug-likeness (QED) is 0.160. The number of unbranched alkanes of at least 4 members (excludes halogenated alkanes) is 16. The molecule has 2 rings (SSSR count). The van der Waals surface area contributed by atoms with Crippen LogP contribution in [0.15, 0.2) is 24.3 Å². The van der Waals surface area contributed by atoms with Crippen molar-refractivity contribution in [2.75, 3.05) is 6.61 Å². The summed E-state index contributed by atoms with van der Waals surface area (Å²) in [6.07, 6.45) is 28.4. The molecule has 1 N–H and O–H groups in total. The van der Waals surface area contributed by atoms with Gasteiger partial charge in [0, 0.05) is 0 Å². The van der Waals surface area contributed by atoms with Gasteiger partial charge in [0.25, 0.3) is 0 Å². The van der Waals surface area contributed by atoms with Gasteiger partial charge in [0.2, 0.25) is 0 Å². The Morgan fingerprint density at radius 3 is 1.47 bits per heavy atom. The van der Waals surface area contributed by atoms with Crippen molar-refractivity contribution in [2.45, 2.75) is 148 Å². The summed E-state index contributed by atoms with van der Waals surface area (Å²) < 4.78 is 5.17. The Hall–Kier alpha value is -1.02. The first-order valence-electron chi connectivity index (χ1n) is 14.2. The normalized spacial score (nSPS) is 14.8. The summed E-state index contributed by atoms with van der Waals surface area (Å²) in [5, 5.41) is 9.20. The minimum absolute atomic E-state index is 0.367. The third-order valence-electron chi connectivity index (χ3n) is 6.54. The molecule has 2 heteroatoms. The molecule has 1 heterocycles. The molecular weight excluding hydrogens is 392 g/mol. The van der Waals surface area contributed by atoms with Crippen molar-refractivity contribution in [3.63, 3.8) is 0 Å². The highest BCUT2D eigenvalue weighted by Gasteiger charge is 2.20. The minimum atomic E-state index is 0.367. The molecule has 2 nitrogen and oxygen atoms in total. The van der Waals surface area contributed by atoms with Gasteiger partial charge in [-0.25, -0.2) is 0 Å². The van der Waals surface area contributed by atoms with E-state index in [0.29, 0.717) is 11.9 Å². The summed E-state index contributed by atoms with van der Waals surface area (Å²) in [5.41, 5.74) is 1.34. The highest BCUT2D eigenvalue weighted by Crippen LogP contribution is 2.18. The smallest absolute Gasteiger partial charge is 0.115 e. The van der Waals surface area contributed by atoms with Gasteiger partial charge in [0.15, 0.2) is 0 Å². The number of epoxide rings is 1. The predicted octanol–water partition coefficient (Wildman–Crippen LogP) is 9.77. The van der Waals surface area contributed by atoms with Crippen LogP contribution in [0.1, 0.15) is 141 Å². The summed E-state index contributed by atoms with van der Waals surface area (Å²) in [6.45, 7) is 5.58. The highest BCUT2D eigenvalue weighted by atomic mass is 16.6. The average Bonchev–Trinajstić information content (AvgIpc) is 3.63. The maximum atomic E-state index is 9.20. The second-order valence-electron chi connectivity index (χ2n) is 9.82. The van der Waals surface area contributed by atoms with E-state index in [4.69, 9.17) is 4.74 Å². The molecule has 1 unspecified atom stereocenters.